The molecule has 1 unspecified atom stereocenters. The molecule has 0 aromatic heterocycles. The van der Waals surface area contributed by atoms with Gasteiger partial charge in [-0.15, -0.1) is 0 Å². The Bertz CT molecular complexity index is 1310. The number of carbonyl (C=O) groups is 2. The molecule has 0 aliphatic carbocycles. The molecule has 0 bridgehead atoms. The summed E-state index contributed by atoms with van der Waals surface area (Å²) < 4.78 is 27.6. The van der Waals surface area contributed by atoms with E-state index in [0.717, 1.165) is 17.1 Å². The fourth-order valence-electron chi connectivity index (χ4n) is 4.28. The second-order valence-corrected chi connectivity index (χ2v) is 8.99. The first-order valence-electron chi connectivity index (χ1n) is 12.1. The van der Waals surface area contributed by atoms with Gasteiger partial charge in [0, 0.05) is 23.7 Å². The van der Waals surface area contributed by atoms with Crippen LogP contribution in [0.3, 0.4) is 0 Å². The van der Waals surface area contributed by atoms with Crippen LogP contribution in [0.25, 0.3) is 0 Å². The normalized spacial score (nSPS) is 15.4. The summed E-state index contributed by atoms with van der Waals surface area (Å²) in [6.45, 7) is 3.20. The minimum atomic E-state index is -0.418. The van der Waals surface area contributed by atoms with E-state index >= 15 is 0 Å². The maximum Gasteiger partial charge on any atom is 0.313 e. The number of nitrogens with one attached hydrogen (secondary N) is 1. The third kappa shape index (κ3) is 5.59. The topological polar surface area (TPSA) is 92.3 Å². The van der Waals surface area contributed by atoms with Crippen molar-refractivity contribution in [3.05, 3.63) is 76.3 Å². The Morgan fingerprint density at radius 3 is 2.62 bits per heavy atom. The summed E-state index contributed by atoms with van der Waals surface area (Å²) in [6, 6.07) is 15.9. The van der Waals surface area contributed by atoms with Gasteiger partial charge in [-0.25, -0.2) is 0 Å². The molecule has 3 aromatic rings. The first kappa shape index (κ1) is 24.8. The highest BCUT2D eigenvalue weighted by Gasteiger charge is 2.30. The number of ether oxygens (including phenoxy) is 5. The predicted molar refractivity (Wildman–Crippen MR) is 136 cm³/mol. The maximum atomic E-state index is 12.6. The van der Waals surface area contributed by atoms with Crippen LogP contribution in [-0.2, 0) is 16.0 Å². The average Bonchev–Trinajstić information content (AvgIpc) is 3.37. The Morgan fingerprint density at radius 1 is 1.00 bits per heavy atom. The Morgan fingerprint density at radius 2 is 1.81 bits per heavy atom. The van der Waals surface area contributed by atoms with E-state index in [1.807, 2.05) is 18.2 Å². The van der Waals surface area contributed by atoms with Gasteiger partial charge in [-0.1, -0.05) is 17.7 Å². The lowest BCUT2D eigenvalue weighted by Crippen LogP contribution is -2.25. The molecule has 1 N–H and O–H groups in total. The first-order chi connectivity index (χ1) is 18.0. The van der Waals surface area contributed by atoms with Gasteiger partial charge in [-0.3, -0.25) is 9.59 Å². The molecule has 5 rings (SSSR count). The minimum absolute atomic E-state index is 0.183. The van der Waals surface area contributed by atoms with Gasteiger partial charge in [-0.2, -0.15) is 0 Å². The number of halogens is 1. The molecule has 37 heavy (non-hydrogen) atoms. The number of benzene rings is 3. The summed E-state index contributed by atoms with van der Waals surface area (Å²) in [5.74, 6) is 2.02. The number of rotatable bonds is 8. The van der Waals surface area contributed by atoms with Crippen LogP contribution in [0, 0.1) is 0 Å². The van der Waals surface area contributed by atoms with E-state index in [4.69, 9.17) is 35.3 Å². The summed E-state index contributed by atoms with van der Waals surface area (Å²) in [7, 11) is 0. The second kappa shape index (κ2) is 11.0. The molecule has 1 amide bonds. The fourth-order valence-corrected chi connectivity index (χ4v) is 4.49. The lowest BCUT2D eigenvalue weighted by atomic mass is 9.93. The molecule has 3 aromatic carbocycles. The van der Waals surface area contributed by atoms with Gasteiger partial charge < -0.3 is 29.0 Å². The minimum Gasteiger partial charge on any atom is -0.493 e. The van der Waals surface area contributed by atoms with Crippen LogP contribution in [0.1, 0.15) is 40.7 Å². The van der Waals surface area contributed by atoms with E-state index in [9.17, 15) is 9.59 Å². The fraction of sp³-hybridized carbons (Fsp3) is 0.286. The lowest BCUT2D eigenvalue weighted by Gasteiger charge is -2.25. The van der Waals surface area contributed by atoms with Gasteiger partial charge >= 0.3 is 5.97 Å². The third-order valence-corrected chi connectivity index (χ3v) is 6.45. The maximum absolute atomic E-state index is 12.6. The highest BCUT2D eigenvalue weighted by Crippen LogP contribution is 2.42. The first-order valence-corrected chi connectivity index (χ1v) is 12.5. The molecule has 0 fully saturated rings. The largest absolute Gasteiger partial charge is 0.493 e. The molecule has 0 spiro atoms. The SMILES string of the molecule is CCOC(=O)C1CCOc2cc(Oc3ccc(C(=O)NCCc4ccc5c(c4)OCO5)cc3)c(Cl)cc21. The number of carbonyl (C=O) groups excluding carboxylic acids is 2. The summed E-state index contributed by atoms with van der Waals surface area (Å²) >= 11 is 6.47. The van der Waals surface area contributed by atoms with Crippen molar-refractivity contribution in [1.29, 1.82) is 0 Å². The van der Waals surface area contributed by atoms with Crippen LogP contribution < -0.4 is 24.3 Å². The molecule has 8 nitrogen and oxygen atoms in total. The van der Waals surface area contributed by atoms with Crippen molar-refractivity contribution in [3.8, 4) is 28.7 Å². The highest BCUT2D eigenvalue weighted by molar-refractivity contribution is 6.32. The zero-order valence-electron chi connectivity index (χ0n) is 20.3. The van der Waals surface area contributed by atoms with Gasteiger partial charge in [0.25, 0.3) is 5.91 Å². The van der Waals surface area contributed by atoms with Gasteiger partial charge in [0.05, 0.1) is 24.2 Å². The molecular weight excluding hydrogens is 498 g/mol. The number of hydrogen-bond donors (Lipinski definition) is 1. The van der Waals surface area contributed by atoms with Crippen LogP contribution >= 0.6 is 11.6 Å². The average molecular weight is 524 g/mol. The highest BCUT2D eigenvalue weighted by atomic mass is 35.5. The molecule has 0 saturated carbocycles. The quantitative estimate of drug-likeness (QED) is 0.402. The van der Waals surface area contributed by atoms with Crippen molar-refractivity contribution in [2.24, 2.45) is 0 Å². The van der Waals surface area contributed by atoms with Crippen molar-refractivity contribution < 1.29 is 33.3 Å². The molecule has 2 aliphatic rings. The van der Waals surface area contributed by atoms with Crippen molar-refractivity contribution in [2.45, 2.75) is 25.7 Å². The Balaban J connectivity index is 1.19. The summed E-state index contributed by atoms with van der Waals surface area (Å²) in [5.41, 5.74) is 2.25. The van der Waals surface area contributed by atoms with Crippen molar-refractivity contribution in [3.63, 3.8) is 0 Å². The van der Waals surface area contributed by atoms with Crippen molar-refractivity contribution >= 4 is 23.5 Å². The van der Waals surface area contributed by atoms with Crippen LogP contribution in [0.4, 0.5) is 0 Å². The van der Waals surface area contributed by atoms with Crippen LogP contribution in [0.15, 0.2) is 54.6 Å². The lowest BCUT2D eigenvalue weighted by molar-refractivity contribution is -0.145. The van der Waals surface area contributed by atoms with Crippen molar-refractivity contribution in [2.75, 3.05) is 26.6 Å². The molecule has 9 heteroatoms. The number of esters is 1. The van der Waals surface area contributed by atoms with Gasteiger partial charge in [0.15, 0.2) is 11.5 Å². The summed E-state index contributed by atoms with van der Waals surface area (Å²) in [5, 5.41) is 3.27. The van der Waals surface area contributed by atoms with E-state index in [1.54, 1.807) is 43.3 Å². The van der Waals surface area contributed by atoms with E-state index < -0.39 is 5.92 Å². The van der Waals surface area contributed by atoms with E-state index in [0.29, 0.717) is 66.0 Å². The van der Waals surface area contributed by atoms with Crippen molar-refractivity contribution in [1.82, 2.24) is 5.32 Å². The standard InChI is InChI=1S/C28H26ClNO7/c1-2-33-28(32)20-10-12-34-24-15-25(22(29)14-21(20)24)37-19-6-4-18(5-7-19)27(31)30-11-9-17-3-8-23-26(13-17)36-16-35-23/h3-8,13-15,20H,2,9-12,16H2,1H3,(H,30,31). The van der Waals surface area contributed by atoms with E-state index in [-0.39, 0.29) is 18.7 Å². The zero-order valence-corrected chi connectivity index (χ0v) is 21.0. The predicted octanol–water partition coefficient (Wildman–Crippen LogP) is 5.26. The van der Waals surface area contributed by atoms with Crippen LogP contribution in [0.5, 0.6) is 28.7 Å². The van der Waals surface area contributed by atoms with Gasteiger partial charge in [-0.05, 0) is 67.8 Å². The molecular formula is C28H26ClNO7. The van der Waals surface area contributed by atoms with E-state index in [2.05, 4.69) is 5.32 Å². The molecule has 192 valence electrons. The molecule has 1 atom stereocenters. The molecule has 2 heterocycles. The molecule has 2 aliphatic heterocycles. The number of amides is 1. The number of hydrogen-bond acceptors (Lipinski definition) is 7. The second-order valence-electron chi connectivity index (χ2n) is 8.58. The van der Waals surface area contributed by atoms with Gasteiger partial charge in [0.2, 0.25) is 6.79 Å². The Labute approximate surface area is 219 Å². The third-order valence-electron chi connectivity index (χ3n) is 6.16. The summed E-state index contributed by atoms with van der Waals surface area (Å²) in [4.78, 5) is 24.9. The smallest absolute Gasteiger partial charge is 0.313 e. The van der Waals surface area contributed by atoms with Crippen LogP contribution in [-0.4, -0.2) is 38.4 Å². The summed E-state index contributed by atoms with van der Waals surface area (Å²) in [6.07, 6.45) is 1.20. The van der Waals surface area contributed by atoms with E-state index in [1.165, 1.54) is 0 Å². The Kier molecular flexibility index (Phi) is 7.37. The monoisotopic (exact) mass is 523 g/mol. The molecule has 0 radical (unpaired) electrons. The Hall–Kier alpha value is -3.91. The molecule has 0 saturated heterocycles. The number of fused-ring (bicyclic) bond motifs is 2. The zero-order chi connectivity index (χ0) is 25.8. The van der Waals surface area contributed by atoms with Crippen LogP contribution in [0.2, 0.25) is 5.02 Å². The van der Waals surface area contributed by atoms with Gasteiger partial charge in [0.1, 0.15) is 17.2 Å².